The second kappa shape index (κ2) is 8.12. The van der Waals surface area contributed by atoms with Crippen LogP contribution in [0, 0.1) is 0 Å². The van der Waals surface area contributed by atoms with Crippen LogP contribution in [0.3, 0.4) is 0 Å². The Kier molecular flexibility index (Phi) is 7.12. The lowest BCUT2D eigenvalue weighted by Crippen LogP contribution is -2.38. The second-order valence-electron chi connectivity index (χ2n) is 3.77. The van der Waals surface area contributed by atoms with Crippen molar-refractivity contribution in [2.45, 2.75) is 25.8 Å². The first-order valence-electron chi connectivity index (χ1n) is 5.54. The van der Waals surface area contributed by atoms with E-state index in [9.17, 15) is 0 Å². The number of benzene rings is 1. The highest BCUT2D eigenvalue weighted by molar-refractivity contribution is 9.10. The number of thioether (sulfide) groups is 1. The predicted molar refractivity (Wildman–Crippen MR) is 76.6 cm³/mol. The molecular weight excluding hydrogens is 284 g/mol. The van der Waals surface area contributed by atoms with Crippen molar-refractivity contribution in [2.75, 3.05) is 11.5 Å². The van der Waals surface area contributed by atoms with Crippen molar-refractivity contribution in [2.24, 2.45) is 5.84 Å². The topological polar surface area (TPSA) is 38.0 Å². The van der Waals surface area contributed by atoms with E-state index in [2.05, 4.69) is 46.5 Å². The van der Waals surface area contributed by atoms with Crippen molar-refractivity contribution in [1.82, 2.24) is 5.43 Å². The summed E-state index contributed by atoms with van der Waals surface area (Å²) in [7, 11) is 0. The van der Waals surface area contributed by atoms with Crippen LogP contribution in [0.2, 0.25) is 0 Å². The molecular formula is C12H19BrN2S. The molecule has 0 aliphatic rings. The van der Waals surface area contributed by atoms with Gasteiger partial charge < -0.3 is 0 Å². The summed E-state index contributed by atoms with van der Waals surface area (Å²) in [5.41, 5.74) is 4.21. The van der Waals surface area contributed by atoms with Crippen LogP contribution in [-0.4, -0.2) is 17.5 Å². The van der Waals surface area contributed by atoms with Crippen LogP contribution >= 0.6 is 27.7 Å². The zero-order chi connectivity index (χ0) is 11.8. The fourth-order valence-corrected chi connectivity index (χ4v) is 2.88. The monoisotopic (exact) mass is 302 g/mol. The molecule has 0 radical (unpaired) electrons. The zero-order valence-electron chi connectivity index (χ0n) is 9.58. The van der Waals surface area contributed by atoms with Gasteiger partial charge in [-0.15, -0.1) is 0 Å². The van der Waals surface area contributed by atoms with Gasteiger partial charge in [0.15, 0.2) is 0 Å². The highest BCUT2D eigenvalue weighted by Gasteiger charge is 2.07. The molecule has 1 aromatic carbocycles. The molecule has 4 heteroatoms. The van der Waals surface area contributed by atoms with E-state index in [1.54, 1.807) is 0 Å². The Morgan fingerprint density at radius 2 is 2.31 bits per heavy atom. The fourth-order valence-electron chi connectivity index (χ4n) is 1.48. The molecule has 0 amide bonds. The maximum absolute atomic E-state index is 5.57. The summed E-state index contributed by atoms with van der Waals surface area (Å²) in [5, 5.41) is 0. The Balaban J connectivity index is 2.43. The van der Waals surface area contributed by atoms with E-state index in [0.29, 0.717) is 6.04 Å². The summed E-state index contributed by atoms with van der Waals surface area (Å²) in [6, 6.07) is 8.74. The predicted octanol–water partition coefficient (Wildman–Crippen LogP) is 2.97. The maximum atomic E-state index is 5.57. The van der Waals surface area contributed by atoms with Crippen molar-refractivity contribution >= 4 is 27.7 Å². The molecule has 0 heterocycles. The third-order valence-corrected chi connectivity index (χ3v) is 4.10. The van der Waals surface area contributed by atoms with Crippen LogP contribution in [0.15, 0.2) is 28.7 Å². The van der Waals surface area contributed by atoms with Crippen LogP contribution in [0.1, 0.15) is 18.9 Å². The lowest BCUT2D eigenvalue weighted by Gasteiger charge is -2.15. The van der Waals surface area contributed by atoms with Crippen molar-refractivity contribution < 1.29 is 0 Å². The summed E-state index contributed by atoms with van der Waals surface area (Å²) >= 11 is 5.44. The van der Waals surface area contributed by atoms with Gasteiger partial charge in [0.1, 0.15) is 0 Å². The van der Waals surface area contributed by atoms with Gasteiger partial charge in [0.25, 0.3) is 0 Å². The van der Waals surface area contributed by atoms with Crippen LogP contribution in [0.25, 0.3) is 0 Å². The highest BCUT2D eigenvalue weighted by atomic mass is 79.9. The summed E-state index contributed by atoms with van der Waals surface area (Å²) in [4.78, 5) is 0. The Morgan fingerprint density at radius 1 is 1.50 bits per heavy atom. The second-order valence-corrected chi connectivity index (χ2v) is 5.84. The van der Waals surface area contributed by atoms with Gasteiger partial charge in [0, 0.05) is 16.3 Å². The lowest BCUT2D eigenvalue weighted by atomic mass is 10.1. The summed E-state index contributed by atoms with van der Waals surface area (Å²) in [6.45, 7) is 2.20. The molecule has 0 bridgehead atoms. The van der Waals surface area contributed by atoms with Gasteiger partial charge in [-0.3, -0.25) is 11.3 Å². The lowest BCUT2D eigenvalue weighted by molar-refractivity contribution is 0.575. The van der Waals surface area contributed by atoms with Crippen LogP contribution < -0.4 is 11.3 Å². The molecule has 0 aliphatic carbocycles. The van der Waals surface area contributed by atoms with E-state index < -0.39 is 0 Å². The van der Waals surface area contributed by atoms with Crippen molar-refractivity contribution in [3.05, 3.63) is 34.3 Å². The smallest absolute Gasteiger partial charge is 0.0341 e. The van der Waals surface area contributed by atoms with E-state index in [1.807, 2.05) is 17.8 Å². The van der Waals surface area contributed by atoms with Crippen molar-refractivity contribution in [1.29, 1.82) is 0 Å². The minimum absolute atomic E-state index is 0.353. The fraction of sp³-hybridized carbons (Fsp3) is 0.500. The molecule has 1 atom stereocenters. The van der Waals surface area contributed by atoms with E-state index in [-0.39, 0.29) is 0 Å². The SMILES string of the molecule is CCCSCC(Cc1cccc(Br)c1)NN. The van der Waals surface area contributed by atoms with E-state index in [4.69, 9.17) is 5.84 Å². The molecule has 1 aromatic rings. The van der Waals surface area contributed by atoms with Gasteiger partial charge >= 0.3 is 0 Å². The van der Waals surface area contributed by atoms with Gasteiger partial charge in [-0.25, -0.2) is 0 Å². The van der Waals surface area contributed by atoms with Gasteiger partial charge in [0.2, 0.25) is 0 Å². The van der Waals surface area contributed by atoms with Crippen LogP contribution in [-0.2, 0) is 6.42 Å². The number of nitrogens with one attached hydrogen (secondary N) is 1. The summed E-state index contributed by atoms with van der Waals surface area (Å²) in [6.07, 6.45) is 2.20. The molecule has 0 fully saturated rings. The molecule has 90 valence electrons. The van der Waals surface area contributed by atoms with Crippen molar-refractivity contribution in [3.8, 4) is 0 Å². The molecule has 0 aromatic heterocycles. The number of nitrogens with two attached hydrogens (primary N) is 1. The molecule has 0 spiro atoms. The Morgan fingerprint density at radius 3 is 2.94 bits per heavy atom. The molecule has 0 saturated heterocycles. The first-order valence-corrected chi connectivity index (χ1v) is 7.49. The molecule has 0 aliphatic heterocycles. The number of hydrazine groups is 1. The Hall–Kier alpha value is -0.0300. The normalized spacial score (nSPS) is 12.7. The van der Waals surface area contributed by atoms with Crippen molar-refractivity contribution in [3.63, 3.8) is 0 Å². The van der Waals surface area contributed by atoms with Gasteiger partial charge in [-0.2, -0.15) is 11.8 Å². The molecule has 1 rings (SSSR count). The highest BCUT2D eigenvalue weighted by Crippen LogP contribution is 2.14. The molecule has 1 unspecified atom stereocenters. The van der Waals surface area contributed by atoms with Gasteiger partial charge in [-0.1, -0.05) is 35.0 Å². The maximum Gasteiger partial charge on any atom is 0.0341 e. The number of hydrogen-bond donors (Lipinski definition) is 2. The van der Waals surface area contributed by atoms with E-state index in [1.165, 1.54) is 17.7 Å². The number of halogens is 1. The van der Waals surface area contributed by atoms with E-state index >= 15 is 0 Å². The van der Waals surface area contributed by atoms with Crippen LogP contribution in [0.5, 0.6) is 0 Å². The first kappa shape index (κ1) is 14.0. The third-order valence-electron chi connectivity index (χ3n) is 2.27. The zero-order valence-corrected chi connectivity index (χ0v) is 12.0. The minimum Gasteiger partial charge on any atom is -0.271 e. The van der Waals surface area contributed by atoms with Crippen LogP contribution in [0.4, 0.5) is 0 Å². The summed E-state index contributed by atoms with van der Waals surface area (Å²) < 4.78 is 1.13. The molecule has 0 saturated carbocycles. The van der Waals surface area contributed by atoms with E-state index in [0.717, 1.165) is 16.6 Å². The number of hydrogen-bond acceptors (Lipinski definition) is 3. The third kappa shape index (κ3) is 5.34. The van der Waals surface area contributed by atoms with Gasteiger partial charge in [0.05, 0.1) is 0 Å². The Bertz CT molecular complexity index is 307. The quantitative estimate of drug-likeness (QED) is 0.462. The largest absolute Gasteiger partial charge is 0.271 e. The first-order chi connectivity index (χ1) is 7.76. The van der Waals surface area contributed by atoms with Gasteiger partial charge in [-0.05, 0) is 36.3 Å². The standard InChI is InChI=1S/C12H19BrN2S/c1-2-6-16-9-12(15-14)8-10-4-3-5-11(13)7-10/h3-5,7,12,15H,2,6,8-9,14H2,1H3. The molecule has 2 nitrogen and oxygen atoms in total. The average molecular weight is 303 g/mol. The molecule has 3 N–H and O–H groups in total. The summed E-state index contributed by atoms with van der Waals surface area (Å²) in [5.74, 6) is 7.84. The average Bonchev–Trinajstić information content (AvgIpc) is 2.28. The minimum atomic E-state index is 0.353. The number of rotatable bonds is 7. The Labute approximate surface area is 110 Å². The molecule has 16 heavy (non-hydrogen) atoms.